The molecule has 0 saturated heterocycles. The summed E-state index contributed by atoms with van der Waals surface area (Å²) in [5, 5.41) is 0.732. The highest BCUT2D eigenvalue weighted by Gasteiger charge is 2.26. The van der Waals surface area contributed by atoms with Crippen molar-refractivity contribution < 1.29 is 21.0 Å². The van der Waals surface area contributed by atoms with Crippen LogP contribution >= 0.6 is 0 Å². The van der Waals surface area contributed by atoms with Gasteiger partial charge < -0.3 is 0 Å². The Bertz CT molecular complexity index is 1540. The molecular weight excluding hydrogens is 470 g/mol. The Balaban J connectivity index is 1.74. The number of nitrogens with zero attached hydrogens (tertiary/aromatic N) is 1. The van der Waals surface area contributed by atoms with Gasteiger partial charge in [0.2, 0.25) is 0 Å². The van der Waals surface area contributed by atoms with E-state index in [-0.39, 0.29) is 22.8 Å². The standard InChI is InChI=1S/C26H25NO5S2/c1-3-9-25-24(18-19-32-34(30,31)22-16-14-20(2)15-17-22)23-12-7-8-13-26(23)27(25)33(28,29)21-10-5-4-6-11-21/h3-8,10-17H,1,9,18-19H2,2H3. The van der Waals surface area contributed by atoms with Crippen LogP contribution in [0.25, 0.3) is 10.9 Å². The maximum atomic E-state index is 13.6. The number of hydrogen-bond acceptors (Lipinski definition) is 5. The summed E-state index contributed by atoms with van der Waals surface area (Å²) in [6, 6.07) is 21.8. The number of aromatic nitrogens is 1. The van der Waals surface area contributed by atoms with E-state index in [1.807, 2.05) is 19.1 Å². The zero-order chi connectivity index (χ0) is 24.3. The van der Waals surface area contributed by atoms with Gasteiger partial charge in [0.1, 0.15) is 0 Å². The predicted octanol–water partition coefficient (Wildman–Crippen LogP) is 4.86. The molecule has 0 saturated carbocycles. The topological polar surface area (TPSA) is 82.4 Å². The second-order valence-corrected chi connectivity index (χ2v) is 11.3. The van der Waals surface area contributed by atoms with Gasteiger partial charge in [0.25, 0.3) is 20.1 Å². The van der Waals surface area contributed by atoms with Crippen molar-refractivity contribution in [3.05, 3.63) is 108 Å². The van der Waals surface area contributed by atoms with Gasteiger partial charge in [-0.2, -0.15) is 8.42 Å². The first-order valence-electron chi connectivity index (χ1n) is 10.7. The number of benzene rings is 3. The summed E-state index contributed by atoms with van der Waals surface area (Å²) in [7, 11) is -7.82. The summed E-state index contributed by atoms with van der Waals surface area (Å²) in [5.74, 6) is 0. The maximum absolute atomic E-state index is 13.6. The van der Waals surface area contributed by atoms with Crippen LogP contribution in [0.4, 0.5) is 0 Å². The van der Waals surface area contributed by atoms with Crippen molar-refractivity contribution in [3.63, 3.8) is 0 Å². The molecule has 0 fully saturated rings. The van der Waals surface area contributed by atoms with Crippen molar-refractivity contribution in [1.82, 2.24) is 3.97 Å². The molecule has 0 bridgehead atoms. The van der Waals surface area contributed by atoms with Gasteiger partial charge in [0, 0.05) is 17.5 Å². The fourth-order valence-electron chi connectivity index (χ4n) is 3.95. The Hall–Kier alpha value is -3.20. The van der Waals surface area contributed by atoms with E-state index >= 15 is 0 Å². The summed E-state index contributed by atoms with van der Waals surface area (Å²) < 4.78 is 59.1. The Labute approximate surface area is 200 Å². The number of hydrogen-bond donors (Lipinski definition) is 0. The number of rotatable bonds is 9. The smallest absolute Gasteiger partial charge is 0.266 e. The zero-order valence-corrected chi connectivity index (χ0v) is 20.3. The molecule has 4 rings (SSSR count). The van der Waals surface area contributed by atoms with Crippen LogP contribution in [0.2, 0.25) is 0 Å². The third-order valence-corrected chi connectivity index (χ3v) is 8.65. The molecule has 0 amide bonds. The fourth-order valence-corrected chi connectivity index (χ4v) is 6.46. The average Bonchev–Trinajstić information content (AvgIpc) is 3.14. The van der Waals surface area contributed by atoms with E-state index in [0.717, 1.165) is 10.9 Å². The van der Waals surface area contributed by atoms with Gasteiger partial charge in [-0.05, 0) is 49.2 Å². The molecule has 8 heteroatoms. The van der Waals surface area contributed by atoms with Crippen LogP contribution < -0.4 is 0 Å². The van der Waals surface area contributed by atoms with Crippen LogP contribution in [0.3, 0.4) is 0 Å². The lowest BCUT2D eigenvalue weighted by molar-refractivity contribution is 0.322. The molecule has 4 aromatic rings. The largest absolute Gasteiger partial charge is 0.296 e. The molecule has 176 valence electrons. The van der Waals surface area contributed by atoms with E-state index in [1.165, 1.54) is 16.1 Å². The van der Waals surface area contributed by atoms with E-state index in [2.05, 4.69) is 6.58 Å². The van der Waals surface area contributed by atoms with Gasteiger partial charge in [-0.15, -0.1) is 6.58 Å². The molecule has 34 heavy (non-hydrogen) atoms. The maximum Gasteiger partial charge on any atom is 0.296 e. The molecule has 0 aliphatic heterocycles. The first-order chi connectivity index (χ1) is 16.3. The van der Waals surface area contributed by atoms with Crippen LogP contribution in [0.1, 0.15) is 16.8 Å². The van der Waals surface area contributed by atoms with Crippen LogP contribution in [0.5, 0.6) is 0 Å². The number of aryl methyl sites for hydroxylation is 1. The molecule has 0 atom stereocenters. The lowest BCUT2D eigenvalue weighted by Crippen LogP contribution is -2.16. The molecule has 6 nitrogen and oxygen atoms in total. The lowest BCUT2D eigenvalue weighted by atomic mass is 10.1. The quantitative estimate of drug-likeness (QED) is 0.245. The molecule has 0 unspecified atom stereocenters. The van der Waals surface area contributed by atoms with E-state index in [0.29, 0.717) is 23.2 Å². The van der Waals surface area contributed by atoms with Crippen LogP contribution in [0.15, 0.2) is 101 Å². The first-order valence-corrected chi connectivity index (χ1v) is 13.6. The monoisotopic (exact) mass is 495 g/mol. The van der Waals surface area contributed by atoms with Gasteiger partial charge in [-0.25, -0.2) is 12.4 Å². The SMILES string of the molecule is C=CCc1c(CCOS(=O)(=O)c2ccc(C)cc2)c2ccccc2n1S(=O)(=O)c1ccccc1. The highest BCUT2D eigenvalue weighted by atomic mass is 32.2. The number of para-hydroxylation sites is 1. The van der Waals surface area contributed by atoms with Gasteiger partial charge >= 0.3 is 0 Å². The minimum atomic E-state index is -3.94. The Kier molecular flexibility index (Phi) is 6.74. The van der Waals surface area contributed by atoms with Gasteiger partial charge in [0.05, 0.1) is 21.9 Å². The van der Waals surface area contributed by atoms with E-state index in [4.69, 9.17) is 4.18 Å². The predicted molar refractivity (Wildman–Crippen MR) is 133 cm³/mol. The minimum absolute atomic E-state index is 0.0819. The van der Waals surface area contributed by atoms with Crippen molar-refractivity contribution in [2.75, 3.05) is 6.61 Å². The minimum Gasteiger partial charge on any atom is -0.266 e. The molecule has 3 aromatic carbocycles. The van der Waals surface area contributed by atoms with Crippen LogP contribution in [-0.2, 0) is 37.2 Å². The molecule has 0 N–H and O–H groups in total. The highest BCUT2D eigenvalue weighted by molar-refractivity contribution is 7.90. The normalized spacial score (nSPS) is 12.1. The zero-order valence-electron chi connectivity index (χ0n) is 18.7. The van der Waals surface area contributed by atoms with E-state index in [9.17, 15) is 16.8 Å². The summed E-state index contributed by atoms with van der Waals surface area (Å²) in [6.07, 6.45) is 2.14. The second-order valence-electron chi connectivity index (χ2n) is 7.86. The molecule has 1 aromatic heterocycles. The van der Waals surface area contributed by atoms with E-state index in [1.54, 1.807) is 60.7 Å². The van der Waals surface area contributed by atoms with Gasteiger partial charge in [0.15, 0.2) is 0 Å². The molecule has 1 heterocycles. The summed E-state index contributed by atoms with van der Waals surface area (Å²) in [4.78, 5) is 0.254. The molecule has 0 aliphatic carbocycles. The van der Waals surface area contributed by atoms with Crippen LogP contribution in [-0.4, -0.2) is 27.4 Å². The van der Waals surface area contributed by atoms with Crippen molar-refractivity contribution >= 4 is 31.0 Å². The summed E-state index contributed by atoms with van der Waals surface area (Å²) in [6.45, 7) is 5.54. The molecule has 0 aliphatic rings. The summed E-state index contributed by atoms with van der Waals surface area (Å²) >= 11 is 0. The Morgan fingerprint density at radius 3 is 2.18 bits per heavy atom. The third kappa shape index (κ3) is 4.57. The Morgan fingerprint density at radius 1 is 0.853 bits per heavy atom. The van der Waals surface area contributed by atoms with Crippen molar-refractivity contribution in [2.45, 2.75) is 29.6 Å². The van der Waals surface area contributed by atoms with Gasteiger partial charge in [-0.1, -0.05) is 60.2 Å². The highest BCUT2D eigenvalue weighted by Crippen LogP contribution is 2.31. The molecule has 0 radical (unpaired) electrons. The lowest BCUT2D eigenvalue weighted by Gasteiger charge is -2.12. The summed E-state index contributed by atoms with van der Waals surface area (Å²) in [5.41, 5.74) is 2.73. The number of allylic oxidation sites excluding steroid dienone is 1. The van der Waals surface area contributed by atoms with E-state index < -0.39 is 20.1 Å². The van der Waals surface area contributed by atoms with Gasteiger partial charge in [-0.3, -0.25) is 4.18 Å². The van der Waals surface area contributed by atoms with Crippen molar-refractivity contribution in [3.8, 4) is 0 Å². The molecule has 0 spiro atoms. The first kappa shape index (κ1) is 23.9. The number of fused-ring (bicyclic) bond motifs is 1. The molecular formula is C26H25NO5S2. The average molecular weight is 496 g/mol. The van der Waals surface area contributed by atoms with Crippen LogP contribution in [0, 0.1) is 6.92 Å². The van der Waals surface area contributed by atoms with Crippen molar-refractivity contribution in [1.29, 1.82) is 0 Å². The Morgan fingerprint density at radius 2 is 1.50 bits per heavy atom. The third-order valence-electron chi connectivity index (χ3n) is 5.56. The van der Waals surface area contributed by atoms with Crippen molar-refractivity contribution in [2.24, 2.45) is 0 Å². The fraction of sp³-hybridized carbons (Fsp3) is 0.154. The second kappa shape index (κ2) is 9.58.